The van der Waals surface area contributed by atoms with E-state index in [0.717, 1.165) is 12.8 Å². The molecule has 1 rings (SSSR count). The van der Waals surface area contributed by atoms with Gasteiger partial charge < -0.3 is 0 Å². The Hall–Kier alpha value is -0.780. The third kappa shape index (κ3) is 2.69. The molecule has 1 unspecified atom stereocenters. The lowest BCUT2D eigenvalue weighted by atomic mass is 9.96. The highest BCUT2D eigenvalue weighted by molar-refractivity contribution is 5.18. The van der Waals surface area contributed by atoms with E-state index >= 15 is 0 Å². The van der Waals surface area contributed by atoms with Crippen molar-refractivity contribution in [1.82, 2.24) is 0 Å². The molecule has 0 bridgehead atoms. The molecule has 64 valence electrons. The summed E-state index contributed by atoms with van der Waals surface area (Å²) in [5, 5.41) is 0. The van der Waals surface area contributed by atoms with Crippen LogP contribution in [-0.2, 0) is 0 Å². The molecule has 1 aromatic rings. The second-order valence-corrected chi connectivity index (χ2v) is 3.12. The Bertz CT molecular complexity index is 201. The first-order valence-corrected chi connectivity index (χ1v) is 4.60. The van der Waals surface area contributed by atoms with Gasteiger partial charge in [-0.1, -0.05) is 44.2 Å². The summed E-state index contributed by atoms with van der Waals surface area (Å²) in [4.78, 5) is 0. The lowest BCUT2D eigenvalue weighted by Crippen LogP contribution is -1.92. The summed E-state index contributed by atoms with van der Waals surface area (Å²) in [6.45, 7) is 4.38. The van der Waals surface area contributed by atoms with E-state index in [4.69, 9.17) is 0 Å². The minimum Gasteiger partial charge on any atom is -0.0648 e. The summed E-state index contributed by atoms with van der Waals surface area (Å²) in [6, 6.07) is 10.6. The lowest BCUT2D eigenvalue weighted by molar-refractivity contribution is 0.726. The molecule has 2 radical (unpaired) electrons. The van der Waals surface area contributed by atoms with E-state index in [1.807, 2.05) is 0 Å². The molecule has 12 heavy (non-hydrogen) atoms. The topological polar surface area (TPSA) is 0 Å². The third-order valence-electron chi connectivity index (χ3n) is 2.07. The molecular weight excluding hydrogens is 144 g/mol. The van der Waals surface area contributed by atoms with Crippen molar-refractivity contribution in [3.8, 4) is 0 Å². The number of benzene rings is 1. The van der Waals surface area contributed by atoms with E-state index in [9.17, 15) is 0 Å². The van der Waals surface area contributed by atoms with E-state index in [-0.39, 0.29) is 0 Å². The average Bonchev–Trinajstić information content (AvgIpc) is 2.15. The fourth-order valence-electron chi connectivity index (χ4n) is 1.26. The molecule has 0 heteroatoms. The first kappa shape index (κ1) is 9.31. The Labute approximate surface area is 75.6 Å². The van der Waals surface area contributed by atoms with Crippen molar-refractivity contribution in [2.75, 3.05) is 0 Å². The van der Waals surface area contributed by atoms with Crippen molar-refractivity contribution in [1.29, 1.82) is 0 Å². The van der Waals surface area contributed by atoms with Crippen molar-refractivity contribution in [2.45, 2.75) is 32.6 Å². The van der Waals surface area contributed by atoms with Gasteiger partial charge >= 0.3 is 0 Å². The van der Waals surface area contributed by atoms with Gasteiger partial charge in [-0.3, -0.25) is 0 Å². The van der Waals surface area contributed by atoms with Crippen molar-refractivity contribution < 1.29 is 0 Å². The molecule has 0 fully saturated rings. The van der Waals surface area contributed by atoms with Crippen LogP contribution in [-0.4, -0.2) is 0 Å². The van der Waals surface area contributed by atoms with Crippen LogP contribution in [0.25, 0.3) is 0 Å². The maximum absolute atomic E-state index is 3.35. The van der Waals surface area contributed by atoms with Crippen LogP contribution in [0.5, 0.6) is 0 Å². The van der Waals surface area contributed by atoms with Crippen LogP contribution in [0.1, 0.15) is 38.2 Å². The summed E-state index contributed by atoms with van der Waals surface area (Å²) in [5.41, 5.74) is 1.42. The molecule has 1 atom stereocenters. The predicted molar refractivity (Wildman–Crippen MR) is 53.0 cm³/mol. The second kappa shape index (κ2) is 4.97. The maximum atomic E-state index is 3.35. The molecule has 0 aliphatic carbocycles. The Morgan fingerprint density at radius 2 is 1.92 bits per heavy atom. The van der Waals surface area contributed by atoms with Crippen LogP contribution in [0.2, 0.25) is 0 Å². The van der Waals surface area contributed by atoms with Crippen molar-refractivity contribution in [3.05, 3.63) is 42.3 Å². The first-order chi connectivity index (χ1) is 5.84. The van der Waals surface area contributed by atoms with E-state index in [2.05, 4.69) is 50.6 Å². The standard InChI is InChI=1S/C12H16/c1-3-4-8-11(2)12-9-6-5-7-10-12/h5-7,9-11H,3,8H2,1-2H3. The van der Waals surface area contributed by atoms with Crippen LogP contribution < -0.4 is 0 Å². The van der Waals surface area contributed by atoms with Crippen LogP contribution in [0.4, 0.5) is 0 Å². The lowest BCUT2D eigenvalue weighted by Gasteiger charge is -2.09. The van der Waals surface area contributed by atoms with Crippen LogP contribution >= 0.6 is 0 Å². The molecule has 0 N–H and O–H groups in total. The Morgan fingerprint density at radius 1 is 1.25 bits per heavy atom. The Balaban J connectivity index is 2.48. The minimum absolute atomic E-state index is 0.617. The first-order valence-electron chi connectivity index (χ1n) is 4.60. The Morgan fingerprint density at radius 3 is 2.50 bits per heavy atom. The van der Waals surface area contributed by atoms with Gasteiger partial charge in [0.05, 0.1) is 0 Å². The highest BCUT2D eigenvalue weighted by Gasteiger charge is 2.02. The molecule has 0 aliphatic rings. The van der Waals surface area contributed by atoms with Crippen LogP contribution in [0, 0.1) is 6.42 Å². The summed E-state index contributed by atoms with van der Waals surface area (Å²) >= 11 is 0. The van der Waals surface area contributed by atoms with Gasteiger partial charge in [-0.15, -0.1) is 0 Å². The van der Waals surface area contributed by atoms with Gasteiger partial charge in [-0.25, -0.2) is 0 Å². The number of hydrogen-bond donors (Lipinski definition) is 0. The highest BCUT2D eigenvalue weighted by Crippen LogP contribution is 2.19. The van der Waals surface area contributed by atoms with Crippen molar-refractivity contribution in [2.24, 2.45) is 0 Å². The predicted octanol–water partition coefficient (Wildman–Crippen LogP) is 3.67. The van der Waals surface area contributed by atoms with E-state index in [1.54, 1.807) is 0 Å². The largest absolute Gasteiger partial charge is 0.0648 e. The fourth-order valence-corrected chi connectivity index (χ4v) is 1.26. The van der Waals surface area contributed by atoms with Gasteiger partial charge in [0.15, 0.2) is 0 Å². The molecule has 0 saturated heterocycles. The maximum Gasteiger partial charge on any atom is -0.0170 e. The van der Waals surface area contributed by atoms with E-state index in [1.165, 1.54) is 5.56 Å². The van der Waals surface area contributed by atoms with Gasteiger partial charge in [0, 0.05) is 0 Å². The van der Waals surface area contributed by atoms with Gasteiger partial charge in [0.1, 0.15) is 0 Å². The van der Waals surface area contributed by atoms with E-state index in [0.29, 0.717) is 5.92 Å². The zero-order valence-electron chi connectivity index (χ0n) is 7.88. The molecule has 1 aromatic carbocycles. The summed E-state index contributed by atoms with van der Waals surface area (Å²) in [7, 11) is 0. The van der Waals surface area contributed by atoms with Crippen LogP contribution in [0.3, 0.4) is 0 Å². The van der Waals surface area contributed by atoms with Crippen LogP contribution in [0.15, 0.2) is 30.3 Å². The zero-order chi connectivity index (χ0) is 8.81. The van der Waals surface area contributed by atoms with Gasteiger partial charge in [-0.05, 0) is 30.7 Å². The highest BCUT2D eigenvalue weighted by atomic mass is 14.1. The number of rotatable bonds is 4. The molecule has 0 spiro atoms. The molecule has 0 aromatic heterocycles. The molecule has 0 aliphatic heterocycles. The van der Waals surface area contributed by atoms with Gasteiger partial charge in [0.2, 0.25) is 0 Å². The normalized spacial score (nSPS) is 12.8. The SMILES string of the molecule is CC[C]CC(C)c1ccccc1. The molecule has 0 amide bonds. The van der Waals surface area contributed by atoms with Gasteiger partial charge in [-0.2, -0.15) is 0 Å². The second-order valence-electron chi connectivity index (χ2n) is 3.12. The zero-order valence-corrected chi connectivity index (χ0v) is 7.88. The summed E-state index contributed by atoms with van der Waals surface area (Å²) in [6.07, 6.45) is 5.47. The van der Waals surface area contributed by atoms with Crippen molar-refractivity contribution in [3.63, 3.8) is 0 Å². The molecular formula is C12H16. The van der Waals surface area contributed by atoms with Gasteiger partial charge in [0.25, 0.3) is 0 Å². The monoisotopic (exact) mass is 160 g/mol. The fraction of sp³-hybridized carbons (Fsp3) is 0.417. The molecule has 0 saturated carbocycles. The Kier molecular flexibility index (Phi) is 3.86. The molecule has 0 heterocycles. The number of unbranched alkanes of at least 4 members (excludes halogenated alkanes) is 1. The van der Waals surface area contributed by atoms with Crippen molar-refractivity contribution >= 4 is 0 Å². The average molecular weight is 160 g/mol. The molecule has 0 nitrogen and oxygen atoms in total. The minimum atomic E-state index is 0.617. The third-order valence-corrected chi connectivity index (χ3v) is 2.07. The summed E-state index contributed by atoms with van der Waals surface area (Å²) < 4.78 is 0. The number of hydrogen-bond acceptors (Lipinski definition) is 0. The summed E-state index contributed by atoms with van der Waals surface area (Å²) in [5.74, 6) is 0.617. The van der Waals surface area contributed by atoms with E-state index < -0.39 is 0 Å². The quantitative estimate of drug-likeness (QED) is 0.630. The smallest absolute Gasteiger partial charge is 0.0170 e.